The van der Waals surface area contributed by atoms with Crippen molar-refractivity contribution < 1.29 is 18.8 Å². The van der Waals surface area contributed by atoms with Crippen LogP contribution in [0.15, 0.2) is 54.1 Å². The molecule has 3 rings (SSSR count). The third kappa shape index (κ3) is 5.62. The van der Waals surface area contributed by atoms with Crippen molar-refractivity contribution in [2.75, 3.05) is 6.54 Å². The molecule has 0 radical (unpaired) electrons. The van der Waals surface area contributed by atoms with Gasteiger partial charge < -0.3 is 19.4 Å². The predicted molar refractivity (Wildman–Crippen MR) is 118 cm³/mol. The molecular weight excluding hydrogens is 403 g/mol. The summed E-state index contributed by atoms with van der Waals surface area (Å²) < 4.78 is 17.6. The van der Waals surface area contributed by atoms with Gasteiger partial charge in [0.1, 0.15) is 11.8 Å². The Balaban J connectivity index is 1.71. The number of ether oxygens (including phenoxy) is 1. The van der Waals surface area contributed by atoms with Gasteiger partial charge in [-0.15, -0.1) is 0 Å². The van der Waals surface area contributed by atoms with E-state index in [1.807, 2.05) is 70.2 Å². The molecule has 1 N–H and O–H groups in total. The molecule has 6 nitrogen and oxygen atoms in total. The zero-order valence-corrected chi connectivity index (χ0v) is 18.4. The first kappa shape index (κ1) is 22.3. The lowest BCUT2D eigenvalue weighted by Crippen LogP contribution is -2.41. The van der Waals surface area contributed by atoms with Crippen molar-refractivity contribution in [2.45, 2.75) is 45.5 Å². The molecule has 0 unspecified atom stereocenters. The Kier molecular flexibility index (Phi) is 6.86. The van der Waals surface area contributed by atoms with Crippen molar-refractivity contribution in [3.05, 3.63) is 70.4 Å². The van der Waals surface area contributed by atoms with Gasteiger partial charge in [-0.25, -0.2) is 9.78 Å². The molecule has 1 aliphatic heterocycles. The van der Waals surface area contributed by atoms with Gasteiger partial charge in [-0.3, -0.25) is 0 Å². The topological polar surface area (TPSA) is 69.7 Å². The van der Waals surface area contributed by atoms with Crippen LogP contribution in [0, 0.1) is 0 Å². The van der Waals surface area contributed by atoms with Crippen LogP contribution in [0.2, 0.25) is 5.15 Å². The Morgan fingerprint density at radius 3 is 2.47 bits per heavy atom. The van der Waals surface area contributed by atoms with Crippen LogP contribution in [0.1, 0.15) is 38.8 Å². The van der Waals surface area contributed by atoms with Gasteiger partial charge in [0.25, 0.3) is 0 Å². The summed E-state index contributed by atoms with van der Waals surface area (Å²) in [5.41, 5.74) is 1.49. The molecule has 0 aliphatic carbocycles. The lowest BCUT2D eigenvalue weighted by molar-refractivity contribution is 0.00578. The molecule has 1 aromatic carbocycles. The molecule has 0 saturated carbocycles. The molecule has 0 spiro atoms. The fourth-order valence-corrected chi connectivity index (χ4v) is 3.05. The predicted octanol–water partition coefficient (Wildman–Crippen LogP) is 4.68. The number of carbonyl (C=O) groups excluding carboxylic acids is 1. The largest absolute Gasteiger partial charge is 0.492 e. The second-order valence-electron chi connectivity index (χ2n) is 8.13. The van der Waals surface area contributed by atoms with Gasteiger partial charge >= 0.3 is 13.2 Å². The maximum atomic E-state index is 12.2. The van der Waals surface area contributed by atoms with Crippen molar-refractivity contribution in [1.29, 1.82) is 0 Å². The van der Waals surface area contributed by atoms with E-state index >= 15 is 0 Å². The highest BCUT2D eigenvalue weighted by Gasteiger charge is 2.52. The summed E-state index contributed by atoms with van der Waals surface area (Å²) in [5.74, 6) is 0. The van der Waals surface area contributed by atoms with Crippen LogP contribution in [-0.4, -0.2) is 35.9 Å². The number of hydrogen-bond donors (Lipinski definition) is 1. The maximum Gasteiger partial charge on any atom is 0.492 e. The Bertz CT molecular complexity index is 902. The molecule has 1 amide bonds. The standard InChI is InChI=1S/C22H26BClN2O4/c1-21(2)22(3,4)30-23(29-21)18(12-17-10-11-25-19(24)13-17)14-26-20(27)28-15-16-8-6-5-7-9-16/h5-13H,14-15H2,1-4H3,(H,26,27). The van der Waals surface area contributed by atoms with E-state index in [0.29, 0.717) is 5.15 Å². The normalized spacial score (nSPS) is 17.6. The molecule has 2 aromatic rings. The van der Waals surface area contributed by atoms with Crippen LogP contribution in [-0.2, 0) is 20.7 Å². The molecule has 0 atom stereocenters. The van der Waals surface area contributed by atoms with Crippen LogP contribution >= 0.6 is 11.6 Å². The summed E-state index contributed by atoms with van der Waals surface area (Å²) >= 11 is 6.01. The smallest absolute Gasteiger partial charge is 0.445 e. The Morgan fingerprint density at radius 1 is 1.17 bits per heavy atom. The minimum absolute atomic E-state index is 0.197. The average Bonchev–Trinajstić information content (AvgIpc) is 2.91. The van der Waals surface area contributed by atoms with Crippen LogP contribution in [0.4, 0.5) is 4.79 Å². The highest BCUT2D eigenvalue weighted by Crippen LogP contribution is 2.38. The summed E-state index contributed by atoms with van der Waals surface area (Å²) in [7, 11) is -0.614. The number of nitrogens with one attached hydrogen (secondary N) is 1. The van der Waals surface area contributed by atoms with E-state index < -0.39 is 24.4 Å². The van der Waals surface area contributed by atoms with Gasteiger partial charge in [-0.2, -0.15) is 0 Å². The number of nitrogens with zero attached hydrogens (tertiary/aromatic N) is 1. The number of aromatic nitrogens is 1. The summed E-state index contributed by atoms with van der Waals surface area (Å²) in [5, 5.41) is 3.16. The molecule has 8 heteroatoms. The van der Waals surface area contributed by atoms with Crippen LogP contribution in [0.25, 0.3) is 6.08 Å². The van der Waals surface area contributed by atoms with Gasteiger partial charge in [0.15, 0.2) is 0 Å². The number of pyridine rings is 1. The van der Waals surface area contributed by atoms with Gasteiger partial charge in [0, 0.05) is 12.7 Å². The molecule has 1 saturated heterocycles. The van der Waals surface area contributed by atoms with Crippen molar-refractivity contribution >= 4 is 30.9 Å². The van der Waals surface area contributed by atoms with E-state index in [9.17, 15) is 4.79 Å². The number of hydrogen-bond acceptors (Lipinski definition) is 5. The highest BCUT2D eigenvalue weighted by atomic mass is 35.5. The second kappa shape index (κ2) is 9.21. The van der Waals surface area contributed by atoms with Gasteiger partial charge in [0.2, 0.25) is 0 Å². The Morgan fingerprint density at radius 2 is 1.83 bits per heavy atom. The second-order valence-corrected chi connectivity index (χ2v) is 8.52. The first-order valence-corrected chi connectivity index (χ1v) is 10.2. The average molecular weight is 429 g/mol. The monoisotopic (exact) mass is 428 g/mol. The third-order valence-electron chi connectivity index (χ3n) is 5.31. The van der Waals surface area contributed by atoms with Crippen LogP contribution in [0.3, 0.4) is 0 Å². The minimum Gasteiger partial charge on any atom is -0.445 e. The van der Waals surface area contributed by atoms with E-state index in [1.54, 1.807) is 12.3 Å². The van der Waals surface area contributed by atoms with Crippen molar-refractivity contribution in [2.24, 2.45) is 0 Å². The number of benzene rings is 1. The van der Waals surface area contributed by atoms with Crippen molar-refractivity contribution in [1.82, 2.24) is 10.3 Å². The number of carbonyl (C=O) groups is 1. The van der Waals surface area contributed by atoms with Gasteiger partial charge in [-0.05, 0) is 56.4 Å². The summed E-state index contributed by atoms with van der Waals surface area (Å²) in [6.07, 6.45) is 2.99. The number of halogens is 1. The Hall–Kier alpha value is -2.35. The SMILES string of the molecule is CC1(C)OB(C(=Cc2ccnc(Cl)c2)CNC(=O)OCc2ccccc2)OC1(C)C. The zero-order chi connectivity index (χ0) is 21.8. The van der Waals surface area contributed by atoms with Crippen LogP contribution in [0.5, 0.6) is 0 Å². The lowest BCUT2D eigenvalue weighted by Gasteiger charge is -2.32. The summed E-state index contributed by atoms with van der Waals surface area (Å²) in [6, 6.07) is 13.1. The highest BCUT2D eigenvalue weighted by molar-refractivity contribution is 6.56. The first-order valence-electron chi connectivity index (χ1n) is 9.78. The number of amides is 1. The van der Waals surface area contributed by atoms with E-state index in [4.69, 9.17) is 25.6 Å². The van der Waals surface area contributed by atoms with E-state index in [1.165, 1.54) is 0 Å². The third-order valence-corrected chi connectivity index (χ3v) is 5.51. The number of alkyl carbamates (subject to hydrolysis) is 1. The fraction of sp³-hybridized carbons (Fsp3) is 0.364. The summed E-state index contributed by atoms with van der Waals surface area (Å²) in [4.78, 5) is 16.2. The number of rotatable bonds is 6. The molecule has 1 fully saturated rings. The fourth-order valence-electron chi connectivity index (χ4n) is 2.87. The van der Waals surface area contributed by atoms with E-state index in [2.05, 4.69) is 10.3 Å². The zero-order valence-electron chi connectivity index (χ0n) is 17.6. The maximum absolute atomic E-state index is 12.2. The molecule has 0 bridgehead atoms. The van der Waals surface area contributed by atoms with Gasteiger partial charge in [-0.1, -0.05) is 48.0 Å². The minimum atomic E-state index is -0.614. The van der Waals surface area contributed by atoms with Crippen molar-refractivity contribution in [3.8, 4) is 0 Å². The van der Waals surface area contributed by atoms with Crippen LogP contribution < -0.4 is 5.32 Å². The van der Waals surface area contributed by atoms with Gasteiger partial charge in [0.05, 0.1) is 11.2 Å². The van der Waals surface area contributed by atoms with E-state index in [-0.39, 0.29) is 13.2 Å². The molecule has 30 heavy (non-hydrogen) atoms. The molecule has 1 aromatic heterocycles. The quantitative estimate of drug-likeness (QED) is 0.534. The lowest BCUT2D eigenvalue weighted by atomic mass is 9.77. The first-order chi connectivity index (χ1) is 14.2. The Labute approximate surface area is 182 Å². The summed E-state index contributed by atoms with van der Waals surface area (Å²) in [6.45, 7) is 8.32. The molecule has 1 aliphatic rings. The van der Waals surface area contributed by atoms with Crippen molar-refractivity contribution in [3.63, 3.8) is 0 Å². The molecular formula is C22H26BClN2O4. The van der Waals surface area contributed by atoms with E-state index in [0.717, 1.165) is 16.6 Å². The molecule has 158 valence electrons. The molecule has 2 heterocycles.